The molecule has 0 aliphatic carbocycles. The van der Waals surface area contributed by atoms with E-state index < -0.39 is 29.4 Å². The van der Waals surface area contributed by atoms with E-state index in [1.165, 1.54) is 16.9 Å². The number of hydroxylamine groups is 2. The molecule has 2 aliphatic rings. The van der Waals surface area contributed by atoms with Crippen LogP contribution in [0.4, 0.5) is 4.79 Å². The van der Waals surface area contributed by atoms with Crippen molar-refractivity contribution < 1.29 is 29.1 Å². The zero-order valence-electron chi connectivity index (χ0n) is 19.1. The first-order valence-electron chi connectivity index (χ1n) is 11.0. The van der Waals surface area contributed by atoms with Crippen molar-refractivity contribution in [2.24, 2.45) is 0 Å². The molecule has 9 heteroatoms. The van der Waals surface area contributed by atoms with Gasteiger partial charge in [0.05, 0.1) is 18.7 Å². The summed E-state index contributed by atoms with van der Waals surface area (Å²) < 4.78 is 5.61. The average Bonchev–Trinajstić information content (AvgIpc) is 3.12. The highest BCUT2D eigenvalue weighted by molar-refractivity contribution is 5.95. The van der Waals surface area contributed by atoms with Gasteiger partial charge in [-0.1, -0.05) is 30.3 Å². The number of rotatable bonds is 8. The predicted molar refractivity (Wildman–Crippen MR) is 116 cm³/mol. The van der Waals surface area contributed by atoms with Gasteiger partial charge in [0.1, 0.15) is 24.0 Å². The summed E-state index contributed by atoms with van der Waals surface area (Å²) in [5.41, 5.74) is -0.802. The van der Waals surface area contributed by atoms with Crippen LogP contribution >= 0.6 is 0 Å². The van der Waals surface area contributed by atoms with Crippen molar-refractivity contribution in [2.45, 2.75) is 76.5 Å². The van der Waals surface area contributed by atoms with Crippen LogP contribution in [0.25, 0.3) is 0 Å². The topological polar surface area (TPSA) is 108 Å². The first-order valence-corrected chi connectivity index (χ1v) is 11.0. The van der Waals surface area contributed by atoms with Crippen LogP contribution in [-0.4, -0.2) is 75.8 Å². The number of nitrogens with zero attached hydrogens (tertiary/aromatic N) is 2. The summed E-state index contributed by atoms with van der Waals surface area (Å²) >= 11 is 0. The molecule has 0 bridgehead atoms. The monoisotopic (exact) mass is 447 g/mol. The number of hydrogen-bond acceptors (Lipinski definition) is 7. The van der Waals surface area contributed by atoms with Gasteiger partial charge in [0.15, 0.2) is 0 Å². The molecule has 0 saturated carbocycles. The van der Waals surface area contributed by atoms with Crippen molar-refractivity contribution in [1.29, 1.82) is 0 Å². The lowest BCUT2D eigenvalue weighted by molar-refractivity contribution is -0.241. The minimum absolute atomic E-state index is 0.252. The number of benzene rings is 1. The zero-order chi connectivity index (χ0) is 23.5. The Kier molecular flexibility index (Phi) is 7.22. The van der Waals surface area contributed by atoms with Gasteiger partial charge < -0.3 is 20.0 Å². The number of likely N-dealkylation sites (tertiary alicyclic amines) is 1. The number of carbonyl (C=O) groups excluding carboxylic acids is 3. The Bertz CT molecular complexity index is 825. The molecule has 2 N–H and O–H groups in total. The van der Waals surface area contributed by atoms with Crippen LogP contribution in [0, 0.1) is 0 Å². The number of β-lactam (4-membered cyclic amide) rings is 1. The number of carbonyl (C=O) groups is 3. The largest absolute Gasteiger partial charge is 0.444 e. The van der Waals surface area contributed by atoms with E-state index in [4.69, 9.17) is 9.57 Å². The van der Waals surface area contributed by atoms with Crippen molar-refractivity contribution >= 4 is 18.3 Å². The molecule has 1 aromatic carbocycles. The SMILES string of the molecule is CC(O)C(C=O)NCC1CCC2(CN(OCc3ccccc3)C2=O)N1C(=O)OC(C)(C)C. The Morgan fingerprint density at radius 2 is 2.03 bits per heavy atom. The molecular weight excluding hydrogens is 414 g/mol. The number of hydrogen-bond donors (Lipinski definition) is 2. The van der Waals surface area contributed by atoms with Crippen LogP contribution in [0.15, 0.2) is 30.3 Å². The normalized spacial score (nSPS) is 24.9. The van der Waals surface area contributed by atoms with E-state index in [0.717, 1.165) is 5.56 Å². The number of amides is 2. The summed E-state index contributed by atoms with van der Waals surface area (Å²) in [6.07, 6.45) is 0.238. The Hall–Kier alpha value is -2.49. The fourth-order valence-corrected chi connectivity index (χ4v) is 4.15. The summed E-state index contributed by atoms with van der Waals surface area (Å²) in [5.74, 6) is -0.274. The Balaban J connectivity index is 1.71. The Morgan fingerprint density at radius 1 is 1.34 bits per heavy atom. The first-order chi connectivity index (χ1) is 15.1. The fraction of sp³-hybridized carbons (Fsp3) is 0.609. The number of ether oxygens (including phenoxy) is 1. The second-order valence-electron chi connectivity index (χ2n) is 9.49. The van der Waals surface area contributed by atoms with Gasteiger partial charge in [-0.15, -0.1) is 0 Å². The van der Waals surface area contributed by atoms with Gasteiger partial charge in [0.25, 0.3) is 5.91 Å². The van der Waals surface area contributed by atoms with Crippen LogP contribution in [-0.2, 0) is 25.8 Å². The molecule has 1 spiro atoms. The summed E-state index contributed by atoms with van der Waals surface area (Å²) in [7, 11) is 0. The van der Waals surface area contributed by atoms with Gasteiger partial charge in [-0.3, -0.25) is 14.5 Å². The van der Waals surface area contributed by atoms with E-state index in [1.807, 2.05) is 30.3 Å². The van der Waals surface area contributed by atoms with Crippen molar-refractivity contribution in [1.82, 2.24) is 15.3 Å². The van der Waals surface area contributed by atoms with Crippen molar-refractivity contribution in [3.63, 3.8) is 0 Å². The molecule has 176 valence electrons. The molecular formula is C23H33N3O6. The van der Waals surface area contributed by atoms with E-state index in [1.54, 1.807) is 20.8 Å². The van der Waals surface area contributed by atoms with Crippen LogP contribution in [0.3, 0.4) is 0 Å². The van der Waals surface area contributed by atoms with Crippen LogP contribution in [0.2, 0.25) is 0 Å². The molecule has 32 heavy (non-hydrogen) atoms. The standard InChI is InChI=1S/C23H33N3O6/c1-16(28)19(13-27)24-12-18-10-11-23(26(18)21(30)32-22(2,3)4)15-25(20(23)29)31-14-17-8-6-5-7-9-17/h5-9,13,16,18-19,24,28H,10-12,14-15H2,1-4H3. The minimum Gasteiger partial charge on any atom is -0.444 e. The first kappa shape index (κ1) is 24.2. The van der Waals surface area contributed by atoms with Crippen molar-refractivity contribution in [3.05, 3.63) is 35.9 Å². The molecule has 0 aromatic heterocycles. The maximum atomic E-state index is 13.2. The number of aliphatic hydroxyl groups is 1. The molecule has 2 saturated heterocycles. The van der Waals surface area contributed by atoms with Gasteiger partial charge >= 0.3 is 6.09 Å². The third kappa shape index (κ3) is 5.11. The van der Waals surface area contributed by atoms with Gasteiger partial charge in [-0.2, -0.15) is 0 Å². The predicted octanol–water partition coefficient (Wildman–Crippen LogP) is 1.64. The van der Waals surface area contributed by atoms with Crippen LogP contribution in [0.1, 0.15) is 46.1 Å². The summed E-state index contributed by atoms with van der Waals surface area (Å²) in [5, 5.41) is 14.0. The maximum Gasteiger partial charge on any atom is 0.411 e. The highest BCUT2D eigenvalue weighted by atomic mass is 16.7. The maximum absolute atomic E-state index is 13.2. The molecule has 3 rings (SSSR count). The second-order valence-corrected chi connectivity index (χ2v) is 9.49. The lowest BCUT2D eigenvalue weighted by atomic mass is 9.88. The molecule has 9 nitrogen and oxygen atoms in total. The van der Waals surface area contributed by atoms with E-state index in [2.05, 4.69) is 5.32 Å². The summed E-state index contributed by atoms with van der Waals surface area (Å²) in [4.78, 5) is 44.7. The molecule has 2 heterocycles. The summed E-state index contributed by atoms with van der Waals surface area (Å²) in [6, 6.07) is 8.42. The zero-order valence-corrected chi connectivity index (χ0v) is 19.1. The number of aliphatic hydroxyl groups excluding tert-OH is 1. The van der Waals surface area contributed by atoms with Crippen molar-refractivity contribution in [3.8, 4) is 0 Å². The smallest absolute Gasteiger partial charge is 0.411 e. The highest BCUT2D eigenvalue weighted by Crippen LogP contribution is 2.43. The molecule has 2 aliphatic heterocycles. The Labute approximate surface area is 188 Å². The van der Waals surface area contributed by atoms with E-state index in [0.29, 0.717) is 19.1 Å². The third-order valence-electron chi connectivity index (χ3n) is 5.82. The third-order valence-corrected chi connectivity index (χ3v) is 5.82. The van der Waals surface area contributed by atoms with Gasteiger partial charge in [0, 0.05) is 12.6 Å². The molecule has 4 atom stereocenters. The highest BCUT2D eigenvalue weighted by Gasteiger charge is 2.64. The number of aldehydes is 1. The quantitative estimate of drug-likeness (QED) is 0.461. The molecule has 2 amide bonds. The second kappa shape index (κ2) is 9.56. The lowest BCUT2D eigenvalue weighted by Crippen LogP contribution is -2.74. The molecule has 0 radical (unpaired) electrons. The van der Waals surface area contributed by atoms with Crippen LogP contribution in [0.5, 0.6) is 0 Å². The molecule has 4 unspecified atom stereocenters. The van der Waals surface area contributed by atoms with Gasteiger partial charge in [-0.25, -0.2) is 9.86 Å². The Morgan fingerprint density at radius 3 is 2.59 bits per heavy atom. The van der Waals surface area contributed by atoms with E-state index in [9.17, 15) is 19.5 Å². The van der Waals surface area contributed by atoms with E-state index >= 15 is 0 Å². The van der Waals surface area contributed by atoms with Gasteiger partial charge in [0.2, 0.25) is 0 Å². The minimum atomic E-state index is -1.02. The summed E-state index contributed by atoms with van der Waals surface area (Å²) in [6.45, 7) is 7.61. The molecule has 2 fully saturated rings. The van der Waals surface area contributed by atoms with Crippen LogP contribution < -0.4 is 5.32 Å². The van der Waals surface area contributed by atoms with Crippen molar-refractivity contribution in [2.75, 3.05) is 13.1 Å². The lowest BCUT2D eigenvalue weighted by Gasteiger charge is -2.50. The van der Waals surface area contributed by atoms with Gasteiger partial charge in [-0.05, 0) is 46.1 Å². The average molecular weight is 448 g/mol. The molecule has 1 aromatic rings. The van der Waals surface area contributed by atoms with E-state index in [-0.39, 0.29) is 31.6 Å². The number of nitrogens with one attached hydrogen (secondary N) is 1. The fourth-order valence-electron chi connectivity index (χ4n) is 4.15.